The molecule has 0 unspecified atom stereocenters. The summed E-state index contributed by atoms with van der Waals surface area (Å²) in [6.07, 6.45) is 1.30. The van der Waals surface area contributed by atoms with E-state index in [1.165, 1.54) is 18.2 Å². The molecule has 1 aliphatic heterocycles. The highest BCUT2D eigenvalue weighted by Crippen LogP contribution is 2.32. The van der Waals surface area contributed by atoms with Crippen LogP contribution in [0.5, 0.6) is 5.75 Å². The first-order valence-corrected chi connectivity index (χ1v) is 10.1. The van der Waals surface area contributed by atoms with Crippen molar-refractivity contribution in [1.82, 2.24) is 0 Å². The van der Waals surface area contributed by atoms with Crippen LogP contribution in [0.4, 0.5) is 11.4 Å². The van der Waals surface area contributed by atoms with Crippen molar-refractivity contribution in [2.24, 2.45) is 0 Å². The maximum atomic E-state index is 12.5. The van der Waals surface area contributed by atoms with Gasteiger partial charge in [-0.2, -0.15) is 0 Å². The molecule has 8 heteroatoms. The van der Waals surface area contributed by atoms with Gasteiger partial charge < -0.3 is 9.64 Å². The number of nitrogens with one attached hydrogen (secondary N) is 1. The third kappa shape index (κ3) is 3.94. The van der Waals surface area contributed by atoms with Crippen LogP contribution >= 0.6 is 11.6 Å². The van der Waals surface area contributed by atoms with Crippen molar-refractivity contribution >= 4 is 38.9 Å². The average Bonchev–Trinajstić information content (AvgIpc) is 3.01. The predicted molar refractivity (Wildman–Crippen MR) is 101 cm³/mol. The molecule has 0 bridgehead atoms. The van der Waals surface area contributed by atoms with E-state index < -0.39 is 10.0 Å². The molecule has 2 aromatic rings. The van der Waals surface area contributed by atoms with Crippen molar-refractivity contribution in [3.63, 3.8) is 0 Å². The van der Waals surface area contributed by atoms with Gasteiger partial charge in [0.25, 0.3) is 10.0 Å². The van der Waals surface area contributed by atoms with E-state index in [-0.39, 0.29) is 10.8 Å². The van der Waals surface area contributed by atoms with Crippen LogP contribution in [-0.2, 0) is 14.8 Å². The van der Waals surface area contributed by atoms with Gasteiger partial charge in [0.1, 0.15) is 5.75 Å². The minimum absolute atomic E-state index is 0.0228. The number of carbonyl (C=O) groups is 1. The van der Waals surface area contributed by atoms with Gasteiger partial charge in [-0.25, -0.2) is 8.42 Å². The number of halogens is 1. The first kappa shape index (κ1) is 18.5. The number of rotatable bonds is 6. The van der Waals surface area contributed by atoms with Gasteiger partial charge in [0.2, 0.25) is 5.91 Å². The summed E-state index contributed by atoms with van der Waals surface area (Å²) in [5.41, 5.74) is 0.928. The van der Waals surface area contributed by atoms with E-state index in [0.717, 1.165) is 6.42 Å². The number of hydrogen-bond acceptors (Lipinski definition) is 4. The lowest BCUT2D eigenvalue weighted by Crippen LogP contribution is -2.24. The molecule has 138 valence electrons. The fraction of sp³-hybridized carbons (Fsp3) is 0.278. The van der Waals surface area contributed by atoms with E-state index in [1.807, 2.05) is 6.92 Å². The number of ether oxygens (including phenoxy) is 1. The summed E-state index contributed by atoms with van der Waals surface area (Å²) in [5, 5.41) is 0.326. The fourth-order valence-corrected chi connectivity index (χ4v) is 4.12. The largest absolute Gasteiger partial charge is 0.494 e. The molecule has 0 saturated carbocycles. The quantitative estimate of drug-likeness (QED) is 0.811. The molecular formula is C18H19ClN2O4S. The molecule has 1 amide bonds. The first-order valence-electron chi connectivity index (χ1n) is 8.26. The number of nitrogens with zero attached hydrogens (tertiary/aromatic N) is 1. The molecule has 0 aliphatic carbocycles. The molecule has 0 radical (unpaired) electrons. The smallest absolute Gasteiger partial charge is 0.261 e. The number of amides is 1. The minimum Gasteiger partial charge on any atom is -0.494 e. The first-order chi connectivity index (χ1) is 12.4. The number of benzene rings is 2. The van der Waals surface area contributed by atoms with Gasteiger partial charge in [-0.1, -0.05) is 11.6 Å². The second-order valence-corrected chi connectivity index (χ2v) is 7.91. The number of anilines is 2. The van der Waals surface area contributed by atoms with Crippen molar-refractivity contribution in [2.45, 2.75) is 24.7 Å². The zero-order chi connectivity index (χ0) is 18.7. The monoisotopic (exact) mass is 394 g/mol. The Morgan fingerprint density at radius 3 is 2.50 bits per heavy atom. The summed E-state index contributed by atoms with van der Waals surface area (Å²) < 4.78 is 32.8. The highest BCUT2D eigenvalue weighted by atomic mass is 35.5. The Balaban J connectivity index is 1.79. The van der Waals surface area contributed by atoms with E-state index >= 15 is 0 Å². The third-order valence-electron chi connectivity index (χ3n) is 4.01. The van der Waals surface area contributed by atoms with Crippen molar-refractivity contribution in [3.05, 3.63) is 47.5 Å². The van der Waals surface area contributed by atoms with Crippen LogP contribution in [0.1, 0.15) is 19.8 Å². The molecule has 1 fully saturated rings. The summed E-state index contributed by atoms with van der Waals surface area (Å²) in [4.78, 5) is 13.6. The Hall–Kier alpha value is -2.25. The Bertz CT molecular complexity index is 913. The summed E-state index contributed by atoms with van der Waals surface area (Å²) in [6.45, 7) is 2.99. The molecular weight excluding hydrogens is 376 g/mol. The van der Waals surface area contributed by atoms with Gasteiger partial charge in [-0.15, -0.1) is 0 Å². The van der Waals surface area contributed by atoms with Gasteiger partial charge in [0.05, 0.1) is 27.9 Å². The molecule has 0 aromatic heterocycles. The lowest BCUT2D eigenvalue weighted by atomic mass is 10.2. The van der Waals surface area contributed by atoms with E-state index in [2.05, 4.69) is 4.72 Å². The van der Waals surface area contributed by atoms with Crippen LogP contribution in [-0.4, -0.2) is 27.5 Å². The standard InChI is InChI=1S/C18H19ClN2O4S/c1-2-25-14-6-8-15(9-7-14)26(23,24)20-13-5-10-17(16(19)12-13)21-11-3-4-18(21)22/h5-10,12,20H,2-4,11H2,1H3. The molecule has 1 aliphatic rings. The Kier molecular flexibility index (Phi) is 5.38. The van der Waals surface area contributed by atoms with Crippen molar-refractivity contribution in [2.75, 3.05) is 22.8 Å². The van der Waals surface area contributed by atoms with E-state index in [4.69, 9.17) is 16.3 Å². The van der Waals surface area contributed by atoms with E-state index in [0.29, 0.717) is 41.7 Å². The highest BCUT2D eigenvalue weighted by molar-refractivity contribution is 7.92. The molecule has 0 atom stereocenters. The number of carbonyl (C=O) groups excluding carboxylic acids is 1. The molecule has 1 saturated heterocycles. The summed E-state index contributed by atoms with van der Waals surface area (Å²) >= 11 is 6.26. The van der Waals surface area contributed by atoms with Crippen LogP contribution < -0.4 is 14.4 Å². The van der Waals surface area contributed by atoms with Crippen LogP contribution in [0.25, 0.3) is 0 Å². The number of sulfonamides is 1. The Morgan fingerprint density at radius 2 is 1.92 bits per heavy atom. The van der Waals surface area contributed by atoms with Gasteiger partial charge in [0.15, 0.2) is 0 Å². The van der Waals surface area contributed by atoms with Crippen LogP contribution in [0.15, 0.2) is 47.4 Å². The van der Waals surface area contributed by atoms with E-state index in [1.54, 1.807) is 29.2 Å². The third-order valence-corrected chi connectivity index (χ3v) is 5.71. The zero-order valence-corrected chi connectivity index (χ0v) is 15.8. The molecule has 3 rings (SSSR count). The average molecular weight is 395 g/mol. The Morgan fingerprint density at radius 1 is 1.19 bits per heavy atom. The molecule has 1 heterocycles. The molecule has 6 nitrogen and oxygen atoms in total. The van der Waals surface area contributed by atoms with Gasteiger partial charge in [0, 0.05) is 13.0 Å². The summed E-state index contributed by atoms with van der Waals surface area (Å²) in [6, 6.07) is 10.9. The number of hydrogen-bond donors (Lipinski definition) is 1. The van der Waals surface area contributed by atoms with Gasteiger partial charge in [-0.05, 0) is 55.8 Å². The Labute approximate surface area is 157 Å². The van der Waals surface area contributed by atoms with Crippen LogP contribution in [0.3, 0.4) is 0 Å². The van der Waals surface area contributed by atoms with Crippen molar-refractivity contribution in [1.29, 1.82) is 0 Å². The van der Waals surface area contributed by atoms with Crippen molar-refractivity contribution in [3.8, 4) is 5.75 Å². The van der Waals surface area contributed by atoms with Crippen LogP contribution in [0, 0.1) is 0 Å². The lowest BCUT2D eigenvalue weighted by molar-refractivity contribution is -0.117. The molecule has 2 aromatic carbocycles. The van der Waals surface area contributed by atoms with Crippen LogP contribution in [0.2, 0.25) is 5.02 Å². The normalized spacial score (nSPS) is 14.5. The van der Waals surface area contributed by atoms with Gasteiger partial charge >= 0.3 is 0 Å². The van der Waals surface area contributed by atoms with Crippen molar-refractivity contribution < 1.29 is 17.9 Å². The molecule has 1 N–H and O–H groups in total. The summed E-state index contributed by atoms with van der Waals surface area (Å²) in [5.74, 6) is 0.628. The molecule has 26 heavy (non-hydrogen) atoms. The topological polar surface area (TPSA) is 75.7 Å². The second kappa shape index (κ2) is 7.55. The SMILES string of the molecule is CCOc1ccc(S(=O)(=O)Nc2ccc(N3CCCC3=O)c(Cl)c2)cc1. The highest BCUT2D eigenvalue weighted by Gasteiger charge is 2.24. The van der Waals surface area contributed by atoms with E-state index in [9.17, 15) is 13.2 Å². The second-order valence-electron chi connectivity index (χ2n) is 5.83. The van der Waals surface area contributed by atoms with Gasteiger partial charge in [-0.3, -0.25) is 9.52 Å². The maximum Gasteiger partial charge on any atom is 0.261 e. The zero-order valence-electron chi connectivity index (χ0n) is 14.2. The maximum absolute atomic E-state index is 12.5. The minimum atomic E-state index is -3.75. The fourth-order valence-electron chi connectivity index (χ4n) is 2.79. The molecule has 0 spiro atoms. The summed E-state index contributed by atoms with van der Waals surface area (Å²) in [7, 11) is -3.75. The lowest BCUT2D eigenvalue weighted by Gasteiger charge is -2.18. The predicted octanol–water partition coefficient (Wildman–Crippen LogP) is 3.67.